The van der Waals surface area contributed by atoms with E-state index in [0.29, 0.717) is 0 Å². The third-order valence-electron chi connectivity index (χ3n) is 0.491. The number of hydrogen-bond donors (Lipinski definition) is 0. The van der Waals surface area contributed by atoms with E-state index >= 15 is 0 Å². The number of rotatable bonds is 0. The van der Waals surface area contributed by atoms with E-state index in [-0.39, 0.29) is 38.8 Å². The molecule has 0 heterocycles. The third kappa shape index (κ3) is 118. The first kappa shape index (κ1) is 30.0. The van der Waals surface area contributed by atoms with E-state index in [9.17, 15) is 9.59 Å². The quantitative estimate of drug-likeness (QED) is 0.298. The summed E-state index contributed by atoms with van der Waals surface area (Å²) in [5, 5.41) is 0. The molecule has 0 saturated carbocycles. The van der Waals surface area contributed by atoms with Crippen LogP contribution in [0.1, 0.15) is 13.8 Å². The molecule has 0 unspecified atom stereocenters. The smallest absolute Gasteiger partial charge is 0.302 e. The van der Waals surface area contributed by atoms with Gasteiger partial charge in [-0.15, -0.1) is 0 Å². The second-order valence-electron chi connectivity index (χ2n) is 1.33. The summed E-state index contributed by atoms with van der Waals surface area (Å²) in [6, 6.07) is 0. The van der Waals surface area contributed by atoms with Gasteiger partial charge in [0, 0.05) is 33.3 Å². The zero-order valence-corrected chi connectivity index (χ0v) is 14.3. The van der Waals surface area contributed by atoms with Crippen molar-refractivity contribution in [1.29, 1.82) is 0 Å². The van der Waals surface area contributed by atoms with Gasteiger partial charge in [0.05, 0.1) is 7.11 Å². The van der Waals surface area contributed by atoms with Gasteiger partial charge in [0.25, 0.3) is 5.97 Å². The molecule has 0 radical (unpaired) electrons. The molecule has 0 atom stereocenters. The second kappa shape index (κ2) is 22.4. The van der Waals surface area contributed by atoms with Crippen LogP contribution in [0.3, 0.4) is 0 Å². The Hall–Kier alpha value is -1.44. The molecule has 0 saturated heterocycles. The van der Waals surface area contributed by atoms with Crippen LogP contribution in [0, 0.1) is 14.5 Å². The van der Waals surface area contributed by atoms with Crippen molar-refractivity contribution in [1.82, 2.24) is 0 Å². The van der Waals surface area contributed by atoms with Gasteiger partial charge in [0.1, 0.15) is 0 Å². The van der Waals surface area contributed by atoms with Crippen LogP contribution < -0.4 is 0 Å². The molecular formula is C7H14CmO4Zn-2. The molecule has 13 heavy (non-hydrogen) atoms. The zero-order chi connectivity index (χ0) is 8.57. The predicted molar refractivity (Wildman–Crippen MR) is 41.2 cm³/mol. The van der Waals surface area contributed by atoms with Gasteiger partial charge in [-0.1, -0.05) is 0 Å². The van der Waals surface area contributed by atoms with Gasteiger partial charge in [0.15, 0.2) is 0 Å². The van der Waals surface area contributed by atoms with Crippen molar-refractivity contribution in [3.63, 3.8) is 0 Å². The molecule has 0 rings (SSSR count). The summed E-state index contributed by atoms with van der Waals surface area (Å²) in [6.07, 6.45) is 0. The van der Waals surface area contributed by atoms with E-state index in [1.165, 1.54) is 21.0 Å². The van der Waals surface area contributed by atoms with Gasteiger partial charge in [-0.25, -0.2) is 0 Å². The van der Waals surface area contributed by atoms with Crippen LogP contribution in [-0.4, -0.2) is 19.0 Å². The Bertz CT molecular complexity index is 105. The minimum atomic E-state index is -0.356. The fourth-order valence-electron chi connectivity index (χ4n) is 0. The van der Waals surface area contributed by atoms with Crippen LogP contribution in [0.5, 0.6) is 0 Å². The van der Waals surface area contributed by atoms with E-state index in [1.54, 1.807) is 0 Å². The molecule has 4 nitrogen and oxygen atoms in total. The number of methoxy groups -OCH3 is 1. The maximum absolute atomic E-state index is 9.59. The Morgan fingerprint density at radius 2 is 1.31 bits per heavy atom. The van der Waals surface area contributed by atoms with Crippen molar-refractivity contribution >= 4 is 11.9 Å². The molecule has 0 aliphatic carbocycles. The summed E-state index contributed by atoms with van der Waals surface area (Å²) in [4.78, 5) is 19.1. The van der Waals surface area contributed by atoms with E-state index in [4.69, 9.17) is 0 Å². The topological polar surface area (TPSA) is 52.6 Å². The molecule has 0 aliphatic rings. The molecule has 0 aromatic carbocycles. The summed E-state index contributed by atoms with van der Waals surface area (Å²) in [7, 11) is 4.19. The average molecular weight is 475 g/mol. The van der Waals surface area contributed by atoms with Crippen LogP contribution >= 0.6 is 0 Å². The molecule has 6 heteroatoms. The van der Waals surface area contributed by atoms with Gasteiger partial charge in [-0.3, -0.25) is 9.59 Å². The van der Waals surface area contributed by atoms with Gasteiger partial charge >= 0.3 is 5.97 Å². The van der Waals surface area contributed by atoms with Crippen molar-refractivity contribution in [2.45, 2.75) is 13.8 Å². The number of esters is 2. The summed E-state index contributed by atoms with van der Waals surface area (Å²) >= 11 is 0. The van der Waals surface area contributed by atoms with E-state index in [1.807, 2.05) is 0 Å². The normalized spacial score (nSPS) is 5.23. The van der Waals surface area contributed by atoms with Gasteiger partial charge in [0.2, 0.25) is 0 Å². The summed E-state index contributed by atoms with van der Waals surface area (Å²) in [6.45, 7) is 2.66. The minimum absolute atomic E-state index is 0. The second-order valence-corrected chi connectivity index (χ2v) is 1.33. The van der Waals surface area contributed by atoms with Crippen molar-refractivity contribution in [2.24, 2.45) is 0 Å². The van der Waals surface area contributed by atoms with Crippen LogP contribution in [0.15, 0.2) is 0 Å². The molecule has 0 aliphatic heterocycles. The number of ether oxygens (including phenoxy) is 2. The fourth-order valence-corrected chi connectivity index (χ4v) is 0. The van der Waals surface area contributed by atoms with Crippen LogP contribution in [0.25, 0.3) is 0 Å². The molecule has 0 spiro atoms. The molecule has 0 bridgehead atoms. The molecule has 0 N–H and O–H groups in total. The maximum atomic E-state index is 9.59. The number of carbonyl (C=O) groups is 2. The van der Waals surface area contributed by atoms with Gasteiger partial charge in [-0.2, -0.15) is 7.11 Å². The van der Waals surface area contributed by atoms with E-state index < -0.39 is 0 Å². The van der Waals surface area contributed by atoms with E-state index in [2.05, 4.69) is 16.6 Å². The standard InChI is InChI=1S/C3H6O2.C3H5O2.CH3.Cm.Zn/c2*1-3(4)5-2;;;/h1-2H3;2H2,1H3;1H3;;/q;2*-1;;. The molecular weight excluding hydrogens is 460 g/mol. The molecule has 0 fully saturated rings. The first-order valence-corrected chi connectivity index (χ1v) is 2.51. The minimum Gasteiger partial charge on any atom is -0.640 e. The summed E-state index contributed by atoms with van der Waals surface area (Å²) in [5.74, 6) is -0.602. The Kier molecular flexibility index (Phi) is 51.7. The first-order chi connectivity index (χ1) is 4.54. The molecule has 0 aromatic rings. The van der Waals surface area contributed by atoms with Crippen molar-refractivity contribution in [3.05, 3.63) is 14.5 Å². The molecule has 0 amide bonds. The number of hydrogen-bond acceptors (Lipinski definition) is 4. The maximum Gasteiger partial charge on any atom is 0.302 e. The number of carbonyl (C=O) groups excluding carboxylic acids is 2. The first-order valence-electron chi connectivity index (χ1n) is 2.51. The Labute approximate surface area is 86.4 Å². The van der Waals surface area contributed by atoms with Crippen LogP contribution in [-0.2, 0) is 38.5 Å². The predicted octanol–water partition coefficient (Wildman–Crippen LogP) is 0.968. The monoisotopic (exact) mass is 469 g/mol. The molecule has 78 valence electrons. The van der Waals surface area contributed by atoms with E-state index in [0.717, 1.165) is 0 Å². The van der Waals surface area contributed by atoms with Gasteiger partial charge in [-0.05, 0) is 0 Å². The van der Waals surface area contributed by atoms with Gasteiger partial charge < -0.3 is 16.9 Å². The summed E-state index contributed by atoms with van der Waals surface area (Å²) in [5.41, 5.74) is 0. The fraction of sp³-hybridized carbons (Fsp3) is 0.429. The van der Waals surface area contributed by atoms with Crippen molar-refractivity contribution in [2.75, 3.05) is 7.11 Å². The van der Waals surface area contributed by atoms with Crippen LogP contribution in [0.2, 0.25) is 0 Å². The Morgan fingerprint density at radius 1 is 1.15 bits per heavy atom. The third-order valence-corrected chi connectivity index (χ3v) is 0.491. The molecule has 0 aromatic heterocycles. The van der Waals surface area contributed by atoms with Crippen molar-refractivity contribution < 1.29 is 38.5 Å². The Morgan fingerprint density at radius 3 is 1.31 bits per heavy atom. The summed E-state index contributed by atoms with van der Waals surface area (Å²) < 4.78 is 7.97. The Balaban J connectivity index is -0.0000000267. The van der Waals surface area contributed by atoms with Crippen molar-refractivity contribution in [3.8, 4) is 0 Å². The largest absolute Gasteiger partial charge is 0.640 e. The zero-order valence-electron chi connectivity index (χ0n) is 8.40. The average Bonchev–Trinajstić information content (AvgIpc) is 1.89. The van der Waals surface area contributed by atoms with Crippen LogP contribution in [0.4, 0.5) is 0 Å². The SMILES string of the molecule is COC(C)=O.[CH2-]OC(C)=O.[CH3-].[Cm].[Zn].